The molecule has 0 aliphatic carbocycles. The lowest BCUT2D eigenvalue weighted by Crippen LogP contribution is -2.45. The van der Waals surface area contributed by atoms with E-state index in [1.165, 1.54) is 4.90 Å². The van der Waals surface area contributed by atoms with E-state index < -0.39 is 11.8 Å². The van der Waals surface area contributed by atoms with Gasteiger partial charge in [-0.1, -0.05) is 0 Å². The molecule has 5 heteroatoms. The normalized spacial score (nSPS) is 9.00. The molecular weight excluding hydrogens is 146 g/mol. The number of nitrogens with zero attached hydrogens (tertiary/aromatic N) is 1. The molecule has 0 saturated heterocycles. The highest BCUT2D eigenvalue weighted by atomic mass is 16.2. The van der Waals surface area contributed by atoms with E-state index in [4.69, 9.17) is 5.84 Å². The van der Waals surface area contributed by atoms with Crippen LogP contribution in [0.1, 0.15) is 13.8 Å². The van der Waals surface area contributed by atoms with Crippen molar-refractivity contribution < 1.29 is 9.59 Å². The van der Waals surface area contributed by atoms with Gasteiger partial charge in [0.2, 0.25) is 0 Å². The first-order chi connectivity index (χ1) is 5.17. The third-order valence-electron chi connectivity index (χ3n) is 1.38. The lowest BCUT2D eigenvalue weighted by Gasteiger charge is -2.16. The van der Waals surface area contributed by atoms with Gasteiger partial charge in [0.1, 0.15) is 0 Å². The molecule has 0 atom stereocenters. The molecule has 0 unspecified atom stereocenters. The average molecular weight is 159 g/mol. The van der Waals surface area contributed by atoms with Crippen LogP contribution >= 0.6 is 0 Å². The van der Waals surface area contributed by atoms with Crippen LogP contribution in [0.3, 0.4) is 0 Å². The van der Waals surface area contributed by atoms with Crippen molar-refractivity contribution in [1.29, 1.82) is 0 Å². The molecule has 0 bridgehead atoms. The summed E-state index contributed by atoms with van der Waals surface area (Å²) >= 11 is 0. The lowest BCUT2D eigenvalue weighted by molar-refractivity contribution is -0.145. The Morgan fingerprint density at radius 2 is 1.82 bits per heavy atom. The maximum absolute atomic E-state index is 11.0. The van der Waals surface area contributed by atoms with Crippen molar-refractivity contribution in [3.05, 3.63) is 0 Å². The minimum atomic E-state index is -0.770. The number of hydrogen-bond acceptors (Lipinski definition) is 3. The van der Waals surface area contributed by atoms with Crippen LogP contribution in [0, 0.1) is 0 Å². The maximum Gasteiger partial charge on any atom is 0.323 e. The second kappa shape index (κ2) is 4.68. The summed E-state index contributed by atoms with van der Waals surface area (Å²) in [6.45, 7) is 4.63. The van der Waals surface area contributed by atoms with Gasteiger partial charge in [-0.15, -0.1) is 0 Å². The molecule has 0 heterocycles. The van der Waals surface area contributed by atoms with Crippen molar-refractivity contribution in [3.63, 3.8) is 0 Å². The molecule has 2 amide bonds. The van der Waals surface area contributed by atoms with Crippen LogP contribution in [0.2, 0.25) is 0 Å². The molecule has 0 aromatic rings. The Labute approximate surface area is 65.5 Å². The third kappa shape index (κ3) is 2.55. The highest BCUT2D eigenvalue weighted by Gasteiger charge is 2.17. The topological polar surface area (TPSA) is 75.4 Å². The van der Waals surface area contributed by atoms with Crippen molar-refractivity contribution in [2.45, 2.75) is 13.8 Å². The Morgan fingerprint density at radius 3 is 2.09 bits per heavy atom. The SMILES string of the molecule is CCN(CC)C(=O)C(=O)NN. The highest BCUT2D eigenvalue weighted by molar-refractivity contribution is 6.34. The second-order valence-electron chi connectivity index (χ2n) is 1.95. The van der Waals surface area contributed by atoms with Crippen molar-refractivity contribution >= 4 is 11.8 Å². The van der Waals surface area contributed by atoms with Crippen LogP contribution in [0.4, 0.5) is 0 Å². The zero-order valence-electron chi connectivity index (χ0n) is 6.76. The van der Waals surface area contributed by atoms with Gasteiger partial charge in [0, 0.05) is 13.1 Å². The molecule has 3 N–H and O–H groups in total. The zero-order chi connectivity index (χ0) is 8.85. The van der Waals surface area contributed by atoms with Gasteiger partial charge in [0.15, 0.2) is 0 Å². The van der Waals surface area contributed by atoms with Gasteiger partial charge in [-0.2, -0.15) is 0 Å². The number of carbonyl (C=O) groups is 2. The predicted octanol–water partition coefficient (Wildman–Crippen LogP) is -1.16. The van der Waals surface area contributed by atoms with Crippen LogP contribution in [0.15, 0.2) is 0 Å². The number of likely N-dealkylation sites (N-methyl/N-ethyl adjacent to an activating group) is 1. The van der Waals surface area contributed by atoms with E-state index in [-0.39, 0.29) is 0 Å². The number of hydrazine groups is 1. The average Bonchev–Trinajstić information content (AvgIpc) is 2.05. The summed E-state index contributed by atoms with van der Waals surface area (Å²) in [6, 6.07) is 0. The lowest BCUT2D eigenvalue weighted by atomic mass is 10.4. The summed E-state index contributed by atoms with van der Waals surface area (Å²) in [5.74, 6) is 3.42. The van der Waals surface area contributed by atoms with Crippen LogP contribution in [-0.4, -0.2) is 29.8 Å². The fourth-order valence-corrected chi connectivity index (χ4v) is 0.716. The van der Waals surface area contributed by atoms with Crippen molar-refractivity contribution in [1.82, 2.24) is 10.3 Å². The van der Waals surface area contributed by atoms with E-state index in [0.29, 0.717) is 13.1 Å². The Balaban J connectivity index is 4.09. The molecule has 0 rings (SSSR count). The molecule has 0 aromatic carbocycles. The van der Waals surface area contributed by atoms with Gasteiger partial charge in [0.05, 0.1) is 0 Å². The number of hydrogen-bond donors (Lipinski definition) is 2. The minimum Gasteiger partial charge on any atom is -0.335 e. The zero-order valence-corrected chi connectivity index (χ0v) is 6.76. The van der Waals surface area contributed by atoms with Crippen LogP contribution in [0.25, 0.3) is 0 Å². The van der Waals surface area contributed by atoms with Crippen LogP contribution in [0.5, 0.6) is 0 Å². The van der Waals surface area contributed by atoms with E-state index in [1.54, 1.807) is 19.3 Å². The minimum absolute atomic E-state index is 0.517. The van der Waals surface area contributed by atoms with Crippen molar-refractivity contribution in [2.24, 2.45) is 5.84 Å². The smallest absolute Gasteiger partial charge is 0.323 e. The monoisotopic (exact) mass is 159 g/mol. The standard InChI is InChI=1S/C6H13N3O2/c1-3-9(4-2)6(11)5(10)8-7/h3-4,7H2,1-2H3,(H,8,10). The fraction of sp³-hybridized carbons (Fsp3) is 0.667. The number of carbonyl (C=O) groups excluding carboxylic acids is 2. The summed E-state index contributed by atoms with van der Waals surface area (Å²) in [7, 11) is 0. The first kappa shape index (κ1) is 9.90. The molecule has 0 radical (unpaired) electrons. The van der Waals surface area contributed by atoms with Crippen LogP contribution < -0.4 is 11.3 Å². The predicted molar refractivity (Wildman–Crippen MR) is 40.3 cm³/mol. The molecule has 0 aliphatic heterocycles. The van der Waals surface area contributed by atoms with Crippen molar-refractivity contribution in [2.75, 3.05) is 13.1 Å². The molecule has 0 aromatic heterocycles. The first-order valence-corrected chi connectivity index (χ1v) is 3.47. The van der Waals surface area contributed by atoms with E-state index in [0.717, 1.165) is 0 Å². The van der Waals surface area contributed by atoms with Gasteiger partial charge in [-0.25, -0.2) is 5.84 Å². The Morgan fingerprint density at radius 1 is 1.36 bits per heavy atom. The number of rotatable bonds is 2. The summed E-state index contributed by atoms with van der Waals surface area (Å²) in [5, 5.41) is 0. The maximum atomic E-state index is 11.0. The molecule has 0 aliphatic rings. The highest BCUT2D eigenvalue weighted by Crippen LogP contribution is 1.87. The first-order valence-electron chi connectivity index (χ1n) is 3.47. The van der Waals surface area contributed by atoms with E-state index in [2.05, 4.69) is 0 Å². The van der Waals surface area contributed by atoms with E-state index >= 15 is 0 Å². The summed E-state index contributed by atoms with van der Waals surface area (Å²) < 4.78 is 0. The molecular formula is C6H13N3O2. The van der Waals surface area contributed by atoms with Gasteiger partial charge in [-0.05, 0) is 13.8 Å². The molecule has 0 spiro atoms. The number of nitrogens with two attached hydrogens (primary N) is 1. The van der Waals surface area contributed by atoms with Crippen LogP contribution in [-0.2, 0) is 9.59 Å². The summed E-state index contributed by atoms with van der Waals surface area (Å²) in [4.78, 5) is 23.0. The van der Waals surface area contributed by atoms with E-state index in [1.807, 2.05) is 0 Å². The number of nitrogens with one attached hydrogen (secondary N) is 1. The van der Waals surface area contributed by atoms with Crippen molar-refractivity contribution in [3.8, 4) is 0 Å². The molecule has 0 fully saturated rings. The Kier molecular flexibility index (Phi) is 4.21. The molecule has 5 nitrogen and oxygen atoms in total. The molecule has 64 valence electrons. The quantitative estimate of drug-likeness (QED) is 0.231. The fourth-order valence-electron chi connectivity index (χ4n) is 0.716. The summed E-state index contributed by atoms with van der Waals surface area (Å²) in [5.41, 5.74) is 1.78. The van der Waals surface area contributed by atoms with Gasteiger partial charge < -0.3 is 4.90 Å². The second-order valence-corrected chi connectivity index (χ2v) is 1.95. The van der Waals surface area contributed by atoms with Gasteiger partial charge in [0.25, 0.3) is 0 Å². The third-order valence-corrected chi connectivity index (χ3v) is 1.38. The molecule has 11 heavy (non-hydrogen) atoms. The Hall–Kier alpha value is -1.10. The van der Waals surface area contributed by atoms with Gasteiger partial charge in [-0.3, -0.25) is 15.0 Å². The van der Waals surface area contributed by atoms with Gasteiger partial charge >= 0.3 is 11.8 Å². The number of amides is 2. The Bertz CT molecular complexity index is 154. The molecule has 0 saturated carbocycles. The summed E-state index contributed by atoms with van der Waals surface area (Å²) in [6.07, 6.45) is 0. The van der Waals surface area contributed by atoms with E-state index in [9.17, 15) is 9.59 Å². The largest absolute Gasteiger partial charge is 0.335 e.